The van der Waals surface area contributed by atoms with Gasteiger partial charge in [-0.05, 0) is 52.3 Å². The van der Waals surface area contributed by atoms with Crippen molar-refractivity contribution in [2.45, 2.75) is 52.3 Å². The van der Waals surface area contributed by atoms with Crippen LogP contribution in [0.25, 0.3) is 0 Å². The van der Waals surface area contributed by atoms with E-state index in [1.807, 2.05) is 6.92 Å². The first-order valence-electron chi connectivity index (χ1n) is 11.2. The lowest BCUT2D eigenvalue weighted by Gasteiger charge is -2.36. The van der Waals surface area contributed by atoms with Crippen molar-refractivity contribution in [2.24, 2.45) is 15.9 Å². The van der Waals surface area contributed by atoms with E-state index in [1.54, 1.807) is 0 Å². The molecule has 4 nitrogen and oxygen atoms in total. The molecular weight excluding hydrogens is 420 g/mol. The second-order valence-corrected chi connectivity index (χ2v) is 8.71. The van der Waals surface area contributed by atoms with Gasteiger partial charge in [0.05, 0.1) is 23.0 Å². The Kier molecular flexibility index (Phi) is 7.75. The third kappa shape index (κ3) is 5.57. The highest BCUT2D eigenvalue weighted by Crippen LogP contribution is 2.36. The zero-order valence-electron chi connectivity index (χ0n) is 19.2. The molecule has 0 bridgehead atoms. The van der Waals surface area contributed by atoms with Crippen LogP contribution in [-0.2, 0) is 6.18 Å². The second kappa shape index (κ2) is 10.1. The minimum atomic E-state index is -4.74. The maximum Gasteiger partial charge on any atom is 0.419 e. The highest BCUT2D eigenvalue weighted by molar-refractivity contribution is 6.42. The van der Waals surface area contributed by atoms with Crippen LogP contribution in [-0.4, -0.2) is 60.6 Å². The summed E-state index contributed by atoms with van der Waals surface area (Å²) in [4.78, 5) is 14.1. The van der Waals surface area contributed by atoms with Crippen LogP contribution in [0, 0.1) is 18.7 Å². The molecule has 32 heavy (non-hydrogen) atoms. The predicted molar refractivity (Wildman–Crippen MR) is 121 cm³/mol. The smallest absolute Gasteiger partial charge is 0.353 e. The highest BCUT2D eigenvalue weighted by Gasteiger charge is 2.35. The summed E-state index contributed by atoms with van der Waals surface area (Å²) < 4.78 is 54.1. The van der Waals surface area contributed by atoms with Crippen LogP contribution in [0.4, 0.5) is 23.2 Å². The van der Waals surface area contributed by atoms with Crippen molar-refractivity contribution >= 4 is 17.2 Å². The number of hydrogen-bond acceptors (Lipinski definition) is 3. The van der Waals surface area contributed by atoms with Crippen LogP contribution in [0.1, 0.15) is 44.2 Å². The summed E-state index contributed by atoms with van der Waals surface area (Å²) in [7, 11) is 2.05. The Bertz CT molecular complexity index is 896. The number of nitrogens with zero attached hydrogens (tertiary/aromatic N) is 4. The van der Waals surface area contributed by atoms with Gasteiger partial charge in [0.2, 0.25) is 0 Å². The van der Waals surface area contributed by atoms with Gasteiger partial charge in [0.1, 0.15) is 5.82 Å². The summed E-state index contributed by atoms with van der Waals surface area (Å²) in [6, 6.07) is 2.12. The molecule has 0 spiro atoms. The van der Waals surface area contributed by atoms with Crippen LogP contribution in [0.2, 0.25) is 0 Å². The third-order valence-electron chi connectivity index (χ3n) is 6.22. The molecule has 0 amide bonds. The van der Waals surface area contributed by atoms with Gasteiger partial charge in [0.25, 0.3) is 0 Å². The minimum Gasteiger partial charge on any atom is -0.353 e. The van der Waals surface area contributed by atoms with Crippen molar-refractivity contribution < 1.29 is 17.6 Å². The van der Waals surface area contributed by atoms with Crippen LogP contribution < -0.4 is 0 Å². The number of benzene rings is 1. The van der Waals surface area contributed by atoms with E-state index in [4.69, 9.17) is 9.98 Å². The quantitative estimate of drug-likeness (QED) is 0.257. The molecule has 0 N–H and O–H groups in total. The van der Waals surface area contributed by atoms with Crippen LogP contribution in [0.15, 0.2) is 34.3 Å². The molecule has 1 fully saturated rings. The average molecular weight is 453 g/mol. The maximum absolute atomic E-state index is 14.6. The molecule has 1 saturated heterocycles. The fourth-order valence-corrected chi connectivity index (χ4v) is 4.10. The molecule has 0 aromatic heterocycles. The topological polar surface area (TPSA) is 31.2 Å². The van der Waals surface area contributed by atoms with Crippen LogP contribution >= 0.6 is 0 Å². The van der Waals surface area contributed by atoms with Gasteiger partial charge in [-0.25, -0.2) is 9.38 Å². The minimum absolute atomic E-state index is 0.0682. The number of hydrogen-bond donors (Lipinski definition) is 0. The Morgan fingerprint density at radius 2 is 1.78 bits per heavy atom. The van der Waals surface area contributed by atoms with Crippen molar-refractivity contribution in [1.82, 2.24) is 9.80 Å². The zero-order chi connectivity index (χ0) is 23.5. The van der Waals surface area contributed by atoms with Crippen molar-refractivity contribution in [3.05, 3.63) is 41.2 Å². The molecule has 176 valence electrons. The number of likely N-dealkylation sites (N-methyl/N-ethyl adjacent to an activating group) is 1. The fraction of sp³-hybridized carbons (Fsp3) is 0.583. The Hall–Kier alpha value is -2.22. The summed E-state index contributed by atoms with van der Waals surface area (Å²) in [5, 5.41) is 0. The molecule has 2 atom stereocenters. The van der Waals surface area contributed by atoms with E-state index in [0.29, 0.717) is 5.84 Å². The highest BCUT2D eigenvalue weighted by atomic mass is 19.4. The lowest BCUT2D eigenvalue weighted by molar-refractivity contribution is -0.140. The molecule has 2 aliphatic rings. The summed E-state index contributed by atoms with van der Waals surface area (Å²) in [5.74, 6) is -0.458. The van der Waals surface area contributed by atoms with E-state index in [1.165, 1.54) is 13.0 Å². The Balaban J connectivity index is 2.12. The number of halogens is 4. The van der Waals surface area contributed by atoms with E-state index < -0.39 is 17.6 Å². The first kappa shape index (κ1) is 24.4. The van der Waals surface area contributed by atoms with E-state index >= 15 is 0 Å². The molecule has 0 radical (unpaired) electrons. The van der Waals surface area contributed by atoms with Crippen molar-refractivity contribution in [3.63, 3.8) is 0 Å². The summed E-state index contributed by atoms with van der Waals surface area (Å²) >= 11 is 0. The van der Waals surface area contributed by atoms with Gasteiger partial charge >= 0.3 is 6.18 Å². The Morgan fingerprint density at radius 3 is 2.41 bits per heavy atom. The predicted octanol–water partition coefficient (Wildman–Crippen LogP) is 5.64. The molecule has 3 rings (SSSR count). The number of aliphatic imine (C=N–C) groups is 2. The van der Waals surface area contributed by atoms with Gasteiger partial charge in [0, 0.05) is 37.7 Å². The fourth-order valence-electron chi connectivity index (χ4n) is 4.10. The summed E-state index contributed by atoms with van der Waals surface area (Å²) in [6.45, 7) is 8.66. The Morgan fingerprint density at radius 1 is 1.12 bits per heavy atom. The molecule has 8 heteroatoms. The zero-order valence-corrected chi connectivity index (χ0v) is 19.2. The van der Waals surface area contributed by atoms with Gasteiger partial charge in [0.15, 0.2) is 5.84 Å². The molecule has 1 aromatic rings. The van der Waals surface area contributed by atoms with E-state index in [9.17, 15) is 17.6 Å². The Labute approximate surface area is 187 Å². The molecule has 2 heterocycles. The maximum atomic E-state index is 14.6. The van der Waals surface area contributed by atoms with Gasteiger partial charge in [-0.15, -0.1) is 0 Å². The monoisotopic (exact) mass is 452 g/mol. The number of amidine groups is 1. The van der Waals surface area contributed by atoms with Crippen LogP contribution in [0.5, 0.6) is 0 Å². The number of alkyl halides is 3. The average Bonchev–Trinajstić information content (AvgIpc) is 2.72. The van der Waals surface area contributed by atoms with Gasteiger partial charge in [-0.3, -0.25) is 4.99 Å². The van der Waals surface area contributed by atoms with Gasteiger partial charge in [-0.1, -0.05) is 19.1 Å². The first-order valence-corrected chi connectivity index (χ1v) is 11.2. The SMILES string of the molecule is CCC1CC=CCC(C)N=C1C(=Nc1ccc(C(F)(F)F)c(F)c1C)N1CCN(C)CC1. The normalized spacial score (nSPS) is 23.7. The molecule has 0 aliphatic carbocycles. The molecule has 2 unspecified atom stereocenters. The largest absolute Gasteiger partial charge is 0.419 e. The van der Waals surface area contributed by atoms with Crippen molar-refractivity contribution in [3.8, 4) is 0 Å². The molecule has 1 aromatic carbocycles. The van der Waals surface area contributed by atoms with E-state index in [-0.39, 0.29) is 23.2 Å². The van der Waals surface area contributed by atoms with Crippen molar-refractivity contribution in [2.75, 3.05) is 33.2 Å². The number of piperazine rings is 1. The van der Waals surface area contributed by atoms with Gasteiger partial charge in [-0.2, -0.15) is 13.2 Å². The molecule has 0 saturated carbocycles. The van der Waals surface area contributed by atoms with Gasteiger partial charge < -0.3 is 9.80 Å². The van der Waals surface area contributed by atoms with Crippen molar-refractivity contribution in [1.29, 1.82) is 0 Å². The third-order valence-corrected chi connectivity index (χ3v) is 6.22. The lowest BCUT2D eigenvalue weighted by Crippen LogP contribution is -2.50. The number of allylic oxidation sites excluding steroid dienone is 1. The second-order valence-electron chi connectivity index (χ2n) is 8.71. The summed E-state index contributed by atoms with van der Waals surface area (Å²) in [6.07, 6.45) is 2.10. The van der Waals surface area contributed by atoms with E-state index in [0.717, 1.165) is 57.2 Å². The van der Waals surface area contributed by atoms with Crippen LogP contribution in [0.3, 0.4) is 0 Å². The molecular formula is C24H32F4N4. The standard InChI is InChI=1S/C24H32F4N4/c1-5-18-9-7-6-8-16(2)29-22(18)23(32-14-12-31(4)13-15-32)30-20-11-10-19(24(26,27)28)21(25)17(20)3/h6-7,10-11,16,18H,5,8-9,12-15H2,1-4H3. The lowest BCUT2D eigenvalue weighted by atomic mass is 9.92. The molecule has 2 aliphatic heterocycles. The first-order chi connectivity index (χ1) is 15.1. The number of rotatable bonds is 3. The van der Waals surface area contributed by atoms with E-state index in [2.05, 4.69) is 35.9 Å². The summed E-state index contributed by atoms with van der Waals surface area (Å²) in [5.41, 5.74) is -0.275.